The molecule has 0 aliphatic heterocycles. The molecule has 1 saturated carbocycles. The zero-order chi connectivity index (χ0) is 15.1. The second-order valence-corrected chi connectivity index (χ2v) is 5.77. The van der Waals surface area contributed by atoms with Crippen LogP contribution in [0.2, 0.25) is 0 Å². The molecule has 0 heterocycles. The normalized spacial score (nSPS) is 20.8. The van der Waals surface area contributed by atoms with Crippen LogP contribution >= 0.6 is 0 Å². The second-order valence-electron chi connectivity index (χ2n) is 5.77. The Morgan fingerprint density at radius 3 is 2.67 bits per heavy atom. The molecular formula is C16H21F2NO2. The molecule has 3 nitrogen and oxygen atoms in total. The van der Waals surface area contributed by atoms with Crippen molar-refractivity contribution in [1.82, 2.24) is 5.32 Å². The van der Waals surface area contributed by atoms with Crippen molar-refractivity contribution < 1.29 is 18.3 Å². The van der Waals surface area contributed by atoms with Gasteiger partial charge in [0.05, 0.1) is 13.3 Å². The van der Waals surface area contributed by atoms with Crippen molar-refractivity contribution in [1.29, 1.82) is 0 Å². The standard InChI is InChI=1S/C16H21F2NO2/c17-11-16(12-18)8-4-7-14(9-16)19-15(20)21-10-13-5-2-1-3-6-13/h1-3,5-6,14H,4,7-12H2,(H,19,20). The zero-order valence-electron chi connectivity index (χ0n) is 12.0. The Labute approximate surface area is 123 Å². The van der Waals surface area contributed by atoms with E-state index in [1.165, 1.54) is 0 Å². The molecule has 0 spiro atoms. The van der Waals surface area contributed by atoms with Crippen LogP contribution in [0.4, 0.5) is 13.6 Å². The number of alkyl halides is 2. The number of carbonyl (C=O) groups excluding carboxylic acids is 1. The molecule has 1 aliphatic carbocycles. The number of ether oxygens (including phenoxy) is 1. The highest BCUT2D eigenvalue weighted by Crippen LogP contribution is 2.37. The Morgan fingerprint density at radius 2 is 2.00 bits per heavy atom. The van der Waals surface area contributed by atoms with Gasteiger partial charge in [0.2, 0.25) is 0 Å². The van der Waals surface area contributed by atoms with Crippen molar-refractivity contribution in [2.24, 2.45) is 5.41 Å². The summed E-state index contributed by atoms with van der Waals surface area (Å²) in [7, 11) is 0. The number of benzene rings is 1. The molecule has 0 bridgehead atoms. The highest BCUT2D eigenvalue weighted by molar-refractivity contribution is 5.67. The van der Waals surface area contributed by atoms with Crippen LogP contribution < -0.4 is 5.32 Å². The second kappa shape index (κ2) is 7.38. The van der Waals surface area contributed by atoms with Gasteiger partial charge in [-0.05, 0) is 24.8 Å². The van der Waals surface area contributed by atoms with Gasteiger partial charge < -0.3 is 10.1 Å². The maximum Gasteiger partial charge on any atom is 0.407 e. The molecule has 116 valence electrons. The minimum Gasteiger partial charge on any atom is -0.445 e. The van der Waals surface area contributed by atoms with Crippen LogP contribution in [0.3, 0.4) is 0 Å². The molecule has 1 aromatic rings. The molecular weight excluding hydrogens is 276 g/mol. The van der Waals surface area contributed by atoms with Gasteiger partial charge in [-0.3, -0.25) is 8.78 Å². The topological polar surface area (TPSA) is 38.3 Å². The molecule has 1 fully saturated rings. The average Bonchev–Trinajstić information content (AvgIpc) is 2.54. The molecule has 1 N–H and O–H groups in total. The molecule has 21 heavy (non-hydrogen) atoms. The molecule has 0 aromatic heterocycles. The fourth-order valence-corrected chi connectivity index (χ4v) is 2.78. The van der Waals surface area contributed by atoms with Crippen LogP contribution in [-0.4, -0.2) is 25.5 Å². The van der Waals surface area contributed by atoms with Crippen LogP contribution in [0.25, 0.3) is 0 Å². The van der Waals surface area contributed by atoms with Gasteiger partial charge in [-0.25, -0.2) is 4.79 Å². The maximum atomic E-state index is 13.0. The van der Waals surface area contributed by atoms with Crippen molar-refractivity contribution in [3.05, 3.63) is 35.9 Å². The molecule has 2 rings (SSSR count). The van der Waals surface area contributed by atoms with Crippen molar-refractivity contribution in [3.63, 3.8) is 0 Å². The van der Waals surface area contributed by atoms with E-state index in [1.807, 2.05) is 30.3 Å². The lowest BCUT2D eigenvalue weighted by molar-refractivity contribution is 0.0751. The minimum absolute atomic E-state index is 0.191. The van der Waals surface area contributed by atoms with Crippen LogP contribution in [0.5, 0.6) is 0 Å². The lowest BCUT2D eigenvalue weighted by Crippen LogP contribution is -2.44. The fourth-order valence-electron chi connectivity index (χ4n) is 2.78. The summed E-state index contributed by atoms with van der Waals surface area (Å²) in [5, 5.41) is 2.72. The quantitative estimate of drug-likeness (QED) is 0.898. The van der Waals surface area contributed by atoms with Crippen molar-refractivity contribution >= 4 is 6.09 Å². The molecule has 5 heteroatoms. The van der Waals surface area contributed by atoms with Crippen LogP contribution in [-0.2, 0) is 11.3 Å². The lowest BCUT2D eigenvalue weighted by atomic mass is 9.74. The summed E-state index contributed by atoms with van der Waals surface area (Å²) in [4.78, 5) is 11.8. The zero-order valence-corrected chi connectivity index (χ0v) is 12.0. The van der Waals surface area contributed by atoms with E-state index in [2.05, 4.69) is 5.32 Å². The molecule has 1 amide bonds. The van der Waals surface area contributed by atoms with Gasteiger partial charge in [0, 0.05) is 11.5 Å². The van der Waals surface area contributed by atoms with Gasteiger partial charge in [0.1, 0.15) is 6.61 Å². The van der Waals surface area contributed by atoms with Gasteiger partial charge in [-0.15, -0.1) is 0 Å². The van der Waals surface area contributed by atoms with Gasteiger partial charge in [0.15, 0.2) is 0 Å². The number of rotatable bonds is 5. The third-order valence-electron chi connectivity index (χ3n) is 4.04. The number of halogens is 2. The summed E-state index contributed by atoms with van der Waals surface area (Å²) in [6, 6.07) is 9.15. The number of amides is 1. The Bertz CT molecular complexity index is 449. The van der Waals surface area contributed by atoms with E-state index in [0.29, 0.717) is 12.8 Å². The van der Waals surface area contributed by atoms with E-state index in [1.54, 1.807) is 0 Å². The van der Waals surface area contributed by atoms with Crippen LogP contribution in [0.1, 0.15) is 31.2 Å². The van der Waals surface area contributed by atoms with Gasteiger partial charge >= 0.3 is 6.09 Å². The third kappa shape index (κ3) is 4.41. The molecule has 0 radical (unpaired) electrons. The smallest absolute Gasteiger partial charge is 0.407 e. The first-order chi connectivity index (χ1) is 10.2. The molecule has 0 saturated heterocycles. The van der Waals surface area contributed by atoms with E-state index >= 15 is 0 Å². The van der Waals surface area contributed by atoms with Gasteiger partial charge in [-0.1, -0.05) is 36.8 Å². The summed E-state index contributed by atoms with van der Waals surface area (Å²) in [5.41, 5.74) is -0.0199. The van der Waals surface area contributed by atoms with E-state index in [4.69, 9.17) is 4.74 Å². The number of alkyl carbamates (subject to hydrolysis) is 1. The van der Waals surface area contributed by atoms with E-state index in [9.17, 15) is 13.6 Å². The first-order valence-electron chi connectivity index (χ1n) is 7.27. The predicted molar refractivity (Wildman–Crippen MR) is 76.4 cm³/mol. The van der Waals surface area contributed by atoms with E-state index < -0.39 is 24.9 Å². The first kappa shape index (κ1) is 15.7. The largest absolute Gasteiger partial charge is 0.445 e. The molecule has 1 unspecified atom stereocenters. The Hall–Kier alpha value is -1.65. The van der Waals surface area contributed by atoms with Gasteiger partial charge in [-0.2, -0.15) is 0 Å². The molecule has 1 aliphatic rings. The average molecular weight is 297 g/mol. The monoisotopic (exact) mass is 297 g/mol. The van der Waals surface area contributed by atoms with Crippen molar-refractivity contribution in [3.8, 4) is 0 Å². The van der Waals surface area contributed by atoms with Crippen LogP contribution in [0.15, 0.2) is 30.3 Å². The summed E-state index contributed by atoms with van der Waals surface area (Å²) >= 11 is 0. The summed E-state index contributed by atoms with van der Waals surface area (Å²) in [6.07, 6.45) is 1.80. The maximum absolute atomic E-state index is 13.0. The van der Waals surface area contributed by atoms with Crippen LogP contribution in [0, 0.1) is 5.41 Å². The Kier molecular flexibility index (Phi) is 5.53. The first-order valence-corrected chi connectivity index (χ1v) is 7.27. The lowest BCUT2D eigenvalue weighted by Gasteiger charge is -2.36. The summed E-state index contributed by atoms with van der Waals surface area (Å²) in [5.74, 6) is 0. The highest BCUT2D eigenvalue weighted by Gasteiger charge is 2.37. The van der Waals surface area contributed by atoms with Crippen molar-refractivity contribution in [2.75, 3.05) is 13.3 Å². The number of hydrogen-bond donors (Lipinski definition) is 1. The molecule has 1 atom stereocenters. The fraction of sp³-hybridized carbons (Fsp3) is 0.562. The third-order valence-corrected chi connectivity index (χ3v) is 4.04. The number of carbonyl (C=O) groups is 1. The predicted octanol–water partition coefficient (Wildman–Crippen LogP) is 3.78. The number of hydrogen-bond acceptors (Lipinski definition) is 2. The summed E-state index contributed by atoms with van der Waals surface area (Å²) < 4.78 is 31.2. The van der Waals surface area contributed by atoms with Crippen molar-refractivity contribution in [2.45, 2.75) is 38.3 Å². The van der Waals surface area contributed by atoms with E-state index in [-0.39, 0.29) is 12.6 Å². The summed E-state index contributed by atoms with van der Waals surface area (Å²) in [6.45, 7) is -1.17. The number of nitrogens with one attached hydrogen (secondary N) is 1. The molecule has 1 aromatic carbocycles. The SMILES string of the molecule is O=C(NC1CCCC(CF)(CF)C1)OCc1ccccc1. The Balaban J connectivity index is 1.79. The highest BCUT2D eigenvalue weighted by atomic mass is 19.1. The minimum atomic E-state index is -0.921. The van der Waals surface area contributed by atoms with E-state index in [0.717, 1.165) is 18.4 Å². The van der Waals surface area contributed by atoms with Gasteiger partial charge in [0.25, 0.3) is 0 Å². The Morgan fingerprint density at radius 1 is 1.29 bits per heavy atom.